The van der Waals surface area contributed by atoms with Crippen molar-refractivity contribution in [3.63, 3.8) is 0 Å². The van der Waals surface area contributed by atoms with Gasteiger partial charge < -0.3 is 10.3 Å². The molecule has 2 heterocycles. The number of rotatable bonds is 1. The molecule has 0 atom stereocenters. The third kappa shape index (κ3) is 1.93. The van der Waals surface area contributed by atoms with E-state index in [4.69, 9.17) is 10.7 Å². The standard InChI is InChI=1S/C16H18N4/c1-16(2,3)20-14-7-5-4-6-13(14)19-15(20)11-8-9-18-10-12(11)17/h4-10H,17H2,1-3H3. The van der Waals surface area contributed by atoms with Gasteiger partial charge in [-0.15, -0.1) is 0 Å². The Kier molecular flexibility index (Phi) is 2.74. The minimum atomic E-state index is -0.0822. The minimum absolute atomic E-state index is 0.0822. The number of pyridine rings is 1. The summed E-state index contributed by atoms with van der Waals surface area (Å²) in [5.41, 5.74) is 9.65. The van der Waals surface area contributed by atoms with Crippen LogP contribution in [0.3, 0.4) is 0 Å². The van der Waals surface area contributed by atoms with Crippen molar-refractivity contribution in [2.75, 3.05) is 5.73 Å². The average Bonchev–Trinajstić information content (AvgIpc) is 2.78. The number of nitrogens with two attached hydrogens (primary N) is 1. The number of para-hydroxylation sites is 2. The first-order valence-corrected chi connectivity index (χ1v) is 6.66. The van der Waals surface area contributed by atoms with Crippen LogP contribution in [0.2, 0.25) is 0 Å². The number of imidazole rings is 1. The molecule has 20 heavy (non-hydrogen) atoms. The highest BCUT2D eigenvalue weighted by Gasteiger charge is 2.23. The molecule has 4 heteroatoms. The van der Waals surface area contributed by atoms with Gasteiger partial charge in [0.2, 0.25) is 0 Å². The fourth-order valence-corrected chi connectivity index (χ4v) is 2.50. The average molecular weight is 266 g/mol. The second-order valence-corrected chi connectivity index (χ2v) is 5.89. The SMILES string of the molecule is CC(C)(C)n1c(-c2ccncc2N)nc2ccccc21. The van der Waals surface area contributed by atoms with Gasteiger partial charge in [-0.05, 0) is 39.0 Å². The molecule has 0 bridgehead atoms. The van der Waals surface area contributed by atoms with Crippen molar-refractivity contribution >= 4 is 16.7 Å². The number of nitrogen functional groups attached to an aromatic ring is 1. The van der Waals surface area contributed by atoms with E-state index in [2.05, 4.69) is 36.4 Å². The Morgan fingerprint density at radius 1 is 1.10 bits per heavy atom. The van der Waals surface area contributed by atoms with Crippen molar-refractivity contribution in [3.05, 3.63) is 42.7 Å². The van der Waals surface area contributed by atoms with Crippen LogP contribution >= 0.6 is 0 Å². The predicted molar refractivity (Wildman–Crippen MR) is 82.4 cm³/mol. The molecule has 1 aromatic carbocycles. The molecule has 2 N–H and O–H groups in total. The number of aromatic nitrogens is 3. The lowest BCUT2D eigenvalue weighted by Crippen LogP contribution is -2.22. The van der Waals surface area contributed by atoms with E-state index in [-0.39, 0.29) is 5.54 Å². The summed E-state index contributed by atoms with van der Waals surface area (Å²) in [5.74, 6) is 0.888. The van der Waals surface area contributed by atoms with Gasteiger partial charge in [-0.1, -0.05) is 12.1 Å². The van der Waals surface area contributed by atoms with Gasteiger partial charge in [-0.3, -0.25) is 4.98 Å². The zero-order valence-electron chi connectivity index (χ0n) is 12.0. The Hall–Kier alpha value is -2.36. The second-order valence-electron chi connectivity index (χ2n) is 5.89. The fourth-order valence-electron chi connectivity index (χ4n) is 2.50. The van der Waals surface area contributed by atoms with Crippen molar-refractivity contribution in [2.45, 2.75) is 26.3 Å². The van der Waals surface area contributed by atoms with Gasteiger partial charge in [0.1, 0.15) is 5.82 Å². The number of fused-ring (bicyclic) bond motifs is 1. The molecule has 2 aromatic heterocycles. The van der Waals surface area contributed by atoms with Crippen LogP contribution in [0.5, 0.6) is 0 Å². The summed E-state index contributed by atoms with van der Waals surface area (Å²) in [5, 5.41) is 0. The van der Waals surface area contributed by atoms with Crippen LogP contribution < -0.4 is 5.73 Å². The van der Waals surface area contributed by atoms with E-state index >= 15 is 0 Å². The highest BCUT2D eigenvalue weighted by atomic mass is 15.1. The van der Waals surface area contributed by atoms with Crippen LogP contribution in [-0.4, -0.2) is 14.5 Å². The van der Waals surface area contributed by atoms with Gasteiger partial charge in [0, 0.05) is 17.3 Å². The van der Waals surface area contributed by atoms with Gasteiger partial charge in [0.25, 0.3) is 0 Å². The highest BCUT2D eigenvalue weighted by Crippen LogP contribution is 2.33. The number of nitrogens with zero attached hydrogens (tertiary/aromatic N) is 3. The molecular formula is C16H18N4. The van der Waals surface area contributed by atoms with Crippen LogP contribution in [0, 0.1) is 0 Å². The fraction of sp³-hybridized carbons (Fsp3) is 0.250. The van der Waals surface area contributed by atoms with Crippen LogP contribution in [0.25, 0.3) is 22.4 Å². The van der Waals surface area contributed by atoms with Crippen molar-refractivity contribution in [1.29, 1.82) is 0 Å². The summed E-state index contributed by atoms with van der Waals surface area (Å²) in [4.78, 5) is 8.82. The Morgan fingerprint density at radius 2 is 1.85 bits per heavy atom. The van der Waals surface area contributed by atoms with E-state index < -0.39 is 0 Å². The molecule has 3 aromatic rings. The summed E-state index contributed by atoms with van der Waals surface area (Å²) in [7, 11) is 0. The molecule has 3 rings (SSSR count). The molecule has 0 amide bonds. The van der Waals surface area contributed by atoms with Gasteiger partial charge in [-0.25, -0.2) is 4.98 Å². The third-order valence-electron chi connectivity index (χ3n) is 3.32. The first-order valence-electron chi connectivity index (χ1n) is 6.66. The predicted octanol–water partition coefficient (Wildman–Crippen LogP) is 3.44. The maximum Gasteiger partial charge on any atom is 0.143 e. The number of benzene rings is 1. The van der Waals surface area contributed by atoms with E-state index in [1.807, 2.05) is 24.3 Å². The number of anilines is 1. The molecule has 0 saturated carbocycles. The van der Waals surface area contributed by atoms with Crippen molar-refractivity contribution in [1.82, 2.24) is 14.5 Å². The summed E-state index contributed by atoms with van der Waals surface area (Å²) in [6.45, 7) is 6.51. The number of hydrogen-bond donors (Lipinski definition) is 1. The molecule has 4 nitrogen and oxygen atoms in total. The van der Waals surface area contributed by atoms with Crippen molar-refractivity contribution in [3.8, 4) is 11.4 Å². The van der Waals surface area contributed by atoms with Gasteiger partial charge in [0.05, 0.1) is 22.9 Å². The molecule has 0 aliphatic heterocycles. The van der Waals surface area contributed by atoms with Gasteiger partial charge in [0.15, 0.2) is 0 Å². The van der Waals surface area contributed by atoms with E-state index in [0.717, 1.165) is 22.4 Å². The molecule has 102 valence electrons. The first-order chi connectivity index (χ1) is 9.48. The minimum Gasteiger partial charge on any atom is -0.397 e. The zero-order valence-corrected chi connectivity index (χ0v) is 12.0. The smallest absolute Gasteiger partial charge is 0.143 e. The summed E-state index contributed by atoms with van der Waals surface area (Å²) < 4.78 is 2.23. The van der Waals surface area contributed by atoms with Crippen LogP contribution in [0.1, 0.15) is 20.8 Å². The van der Waals surface area contributed by atoms with E-state index in [1.165, 1.54) is 0 Å². The first kappa shape index (κ1) is 12.7. The lowest BCUT2D eigenvalue weighted by molar-refractivity contribution is 0.413. The van der Waals surface area contributed by atoms with E-state index in [0.29, 0.717) is 5.69 Å². The monoisotopic (exact) mass is 266 g/mol. The van der Waals surface area contributed by atoms with Crippen LogP contribution in [-0.2, 0) is 5.54 Å². The van der Waals surface area contributed by atoms with Crippen LogP contribution in [0.4, 0.5) is 5.69 Å². The topological polar surface area (TPSA) is 56.7 Å². The molecule has 0 spiro atoms. The normalized spacial score (nSPS) is 11.9. The lowest BCUT2D eigenvalue weighted by atomic mass is 10.1. The third-order valence-corrected chi connectivity index (χ3v) is 3.32. The summed E-state index contributed by atoms with van der Waals surface area (Å²) >= 11 is 0. The summed E-state index contributed by atoms with van der Waals surface area (Å²) in [6.07, 6.45) is 3.42. The van der Waals surface area contributed by atoms with Gasteiger partial charge >= 0.3 is 0 Å². The molecule has 0 radical (unpaired) electrons. The van der Waals surface area contributed by atoms with Crippen molar-refractivity contribution < 1.29 is 0 Å². The van der Waals surface area contributed by atoms with Gasteiger partial charge in [-0.2, -0.15) is 0 Å². The Bertz CT molecular complexity index is 765. The second kappa shape index (κ2) is 4.34. The zero-order chi connectivity index (χ0) is 14.3. The Labute approximate surface area is 118 Å². The maximum absolute atomic E-state index is 6.07. The highest BCUT2D eigenvalue weighted by molar-refractivity contribution is 5.83. The van der Waals surface area contributed by atoms with Crippen molar-refractivity contribution in [2.24, 2.45) is 0 Å². The largest absolute Gasteiger partial charge is 0.397 e. The maximum atomic E-state index is 6.07. The van der Waals surface area contributed by atoms with E-state index in [1.54, 1.807) is 12.4 Å². The Morgan fingerprint density at radius 3 is 2.55 bits per heavy atom. The summed E-state index contributed by atoms with van der Waals surface area (Å²) in [6, 6.07) is 10.1. The lowest BCUT2D eigenvalue weighted by Gasteiger charge is -2.25. The van der Waals surface area contributed by atoms with Crippen LogP contribution in [0.15, 0.2) is 42.7 Å². The molecule has 0 aliphatic carbocycles. The Balaban J connectivity index is 2.39. The number of hydrogen-bond acceptors (Lipinski definition) is 3. The molecular weight excluding hydrogens is 248 g/mol. The quantitative estimate of drug-likeness (QED) is 0.734. The molecule has 0 fully saturated rings. The molecule has 0 aliphatic rings. The van der Waals surface area contributed by atoms with E-state index in [9.17, 15) is 0 Å². The molecule has 0 saturated heterocycles. The molecule has 0 unspecified atom stereocenters.